The maximum Gasteiger partial charge on any atom is 0.248 e. The van der Waals surface area contributed by atoms with Gasteiger partial charge in [-0.05, 0) is 43.6 Å². The summed E-state index contributed by atoms with van der Waals surface area (Å²) in [6.45, 7) is 2.73. The fraction of sp³-hybridized carbons (Fsp3) is 0.417. The molecule has 1 aromatic carbocycles. The van der Waals surface area contributed by atoms with Crippen molar-refractivity contribution in [3.05, 3.63) is 29.6 Å². The number of hydrogen-bond acceptors (Lipinski definition) is 3. The van der Waals surface area contributed by atoms with Crippen LogP contribution in [0.2, 0.25) is 0 Å². The zero-order chi connectivity index (χ0) is 12.3. The molecule has 4 N–H and O–H groups in total. The largest absolute Gasteiger partial charge is 0.382 e. The van der Waals surface area contributed by atoms with Crippen LogP contribution >= 0.6 is 0 Å². The lowest BCUT2D eigenvalue weighted by Crippen LogP contribution is -2.18. The maximum atomic E-state index is 13.6. The fourth-order valence-electron chi connectivity index (χ4n) is 1.95. The molecule has 0 bridgehead atoms. The van der Waals surface area contributed by atoms with Crippen LogP contribution in [0.15, 0.2) is 18.2 Å². The first-order chi connectivity index (χ1) is 8.16. The van der Waals surface area contributed by atoms with Crippen LogP contribution in [-0.4, -0.2) is 25.5 Å². The predicted octanol–water partition coefficient (Wildman–Crippen LogP) is 0.946. The van der Waals surface area contributed by atoms with Crippen molar-refractivity contribution >= 4 is 11.6 Å². The SMILES string of the molecule is NC(=O)c1ccc(NCC2CCNC2)c(F)c1. The second-order valence-electron chi connectivity index (χ2n) is 4.30. The standard InChI is InChI=1S/C12H16FN3O/c13-10-5-9(12(14)17)1-2-11(10)16-7-8-3-4-15-6-8/h1-2,5,8,15-16H,3-4,6-7H2,(H2,14,17). The second kappa shape index (κ2) is 5.14. The third kappa shape index (κ3) is 2.94. The van der Waals surface area contributed by atoms with E-state index in [2.05, 4.69) is 10.6 Å². The van der Waals surface area contributed by atoms with Crippen LogP contribution in [-0.2, 0) is 0 Å². The molecule has 1 atom stereocenters. The van der Waals surface area contributed by atoms with E-state index in [0.717, 1.165) is 32.1 Å². The summed E-state index contributed by atoms with van der Waals surface area (Å²) in [5, 5.41) is 6.31. The van der Waals surface area contributed by atoms with E-state index in [1.807, 2.05) is 0 Å². The molecule has 0 spiro atoms. The van der Waals surface area contributed by atoms with Gasteiger partial charge in [0, 0.05) is 12.1 Å². The maximum absolute atomic E-state index is 13.6. The number of hydrogen-bond donors (Lipinski definition) is 3. The van der Waals surface area contributed by atoms with E-state index in [-0.39, 0.29) is 5.56 Å². The van der Waals surface area contributed by atoms with Gasteiger partial charge in [0.2, 0.25) is 5.91 Å². The number of nitrogens with two attached hydrogens (primary N) is 1. The molecule has 2 rings (SSSR count). The minimum atomic E-state index is -0.615. The van der Waals surface area contributed by atoms with E-state index in [0.29, 0.717) is 11.6 Å². The smallest absolute Gasteiger partial charge is 0.248 e. The molecule has 5 heteroatoms. The highest BCUT2D eigenvalue weighted by Gasteiger charge is 2.14. The number of carbonyl (C=O) groups is 1. The number of nitrogens with one attached hydrogen (secondary N) is 2. The molecular formula is C12H16FN3O. The topological polar surface area (TPSA) is 67.2 Å². The van der Waals surface area contributed by atoms with Crippen LogP contribution in [0, 0.1) is 11.7 Å². The van der Waals surface area contributed by atoms with Crippen molar-refractivity contribution < 1.29 is 9.18 Å². The molecule has 17 heavy (non-hydrogen) atoms. The summed E-state index contributed by atoms with van der Waals surface area (Å²) >= 11 is 0. The highest BCUT2D eigenvalue weighted by Crippen LogP contribution is 2.17. The molecule has 0 saturated carbocycles. The minimum absolute atomic E-state index is 0.190. The zero-order valence-corrected chi connectivity index (χ0v) is 9.50. The van der Waals surface area contributed by atoms with Gasteiger partial charge in [-0.15, -0.1) is 0 Å². The zero-order valence-electron chi connectivity index (χ0n) is 9.50. The highest BCUT2D eigenvalue weighted by atomic mass is 19.1. The lowest BCUT2D eigenvalue weighted by Gasteiger charge is -2.12. The van der Waals surface area contributed by atoms with Gasteiger partial charge in [0.05, 0.1) is 5.69 Å². The Labute approximate surface area is 99.4 Å². The van der Waals surface area contributed by atoms with Gasteiger partial charge >= 0.3 is 0 Å². The molecule has 1 fully saturated rings. The highest BCUT2D eigenvalue weighted by molar-refractivity contribution is 5.93. The average molecular weight is 237 g/mol. The van der Waals surface area contributed by atoms with Gasteiger partial charge in [0.1, 0.15) is 5.82 Å². The van der Waals surface area contributed by atoms with Crippen molar-refractivity contribution in [2.24, 2.45) is 11.7 Å². The summed E-state index contributed by atoms with van der Waals surface area (Å²) in [5.74, 6) is -0.520. The predicted molar refractivity (Wildman–Crippen MR) is 64.4 cm³/mol. The van der Waals surface area contributed by atoms with Crippen molar-refractivity contribution in [3.8, 4) is 0 Å². The van der Waals surface area contributed by atoms with Gasteiger partial charge in [-0.2, -0.15) is 0 Å². The van der Waals surface area contributed by atoms with Gasteiger partial charge in [0.15, 0.2) is 0 Å². The second-order valence-corrected chi connectivity index (χ2v) is 4.30. The molecule has 1 aromatic rings. The van der Waals surface area contributed by atoms with Crippen molar-refractivity contribution in [2.45, 2.75) is 6.42 Å². The van der Waals surface area contributed by atoms with E-state index in [4.69, 9.17) is 5.73 Å². The van der Waals surface area contributed by atoms with E-state index in [9.17, 15) is 9.18 Å². The first-order valence-electron chi connectivity index (χ1n) is 5.71. The molecule has 0 radical (unpaired) electrons. The molecule has 1 amide bonds. The Kier molecular flexibility index (Phi) is 3.58. The Hall–Kier alpha value is -1.62. The first kappa shape index (κ1) is 11.9. The summed E-state index contributed by atoms with van der Waals surface area (Å²) in [6, 6.07) is 4.25. The lowest BCUT2D eigenvalue weighted by atomic mass is 10.1. The molecule has 1 aliphatic rings. The number of halogens is 1. The molecule has 1 aliphatic heterocycles. The lowest BCUT2D eigenvalue weighted by molar-refractivity contribution is 0.1000. The monoisotopic (exact) mass is 237 g/mol. The molecular weight excluding hydrogens is 221 g/mol. The Morgan fingerprint density at radius 1 is 1.59 bits per heavy atom. The van der Waals surface area contributed by atoms with Crippen LogP contribution in [0.3, 0.4) is 0 Å². The third-order valence-corrected chi connectivity index (χ3v) is 3.00. The number of amides is 1. The Morgan fingerprint density at radius 2 is 2.41 bits per heavy atom. The number of rotatable bonds is 4. The summed E-state index contributed by atoms with van der Waals surface area (Å²) < 4.78 is 13.6. The Morgan fingerprint density at radius 3 is 3.00 bits per heavy atom. The van der Waals surface area contributed by atoms with Crippen LogP contribution < -0.4 is 16.4 Å². The Bertz CT molecular complexity index is 416. The van der Waals surface area contributed by atoms with Gasteiger partial charge in [0.25, 0.3) is 0 Å². The first-order valence-corrected chi connectivity index (χ1v) is 5.71. The van der Waals surface area contributed by atoms with Gasteiger partial charge in [-0.25, -0.2) is 4.39 Å². The van der Waals surface area contributed by atoms with Crippen molar-refractivity contribution in [2.75, 3.05) is 25.0 Å². The molecule has 0 aromatic heterocycles. The van der Waals surface area contributed by atoms with Crippen LogP contribution in [0.4, 0.5) is 10.1 Å². The number of carbonyl (C=O) groups excluding carboxylic acids is 1. The number of primary amides is 1. The molecule has 0 aliphatic carbocycles. The quantitative estimate of drug-likeness (QED) is 0.730. The average Bonchev–Trinajstić information content (AvgIpc) is 2.80. The van der Waals surface area contributed by atoms with Crippen molar-refractivity contribution in [1.29, 1.82) is 0 Å². The molecule has 1 saturated heterocycles. The normalized spacial score (nSPS) is 19.2. The van der Waals surface area contributed by atoms with Crippen molar-refractivity contribution in [3.63, 3.8) is 0 Å². The van der Waals surface area contributed by atoms with Crippen LogP contribution in [0.5, 0.6) is 0 Å². The minimum Gasteiger partial charge on any atom is -0.382 e. The van der Waals surface area contributed by atoms with E-state index in [1.54, 1.807) is 6.07 Å². The molecule has 4 nitrogen and oxygen atoms in total. The van der Waals surface area contributed by atoms with E-state index in [1.165, 1.54) is 6.07 Å². The van der Waals surface area contributed by atoms with E-state index >= 15 is 0 Å². The third-order valence-electron chi connectivity index (χ3n) is 3.00. The van der Waals surface area contributed by atoms with Crippen LogP contribution in [0.25, 0.3) is 0 Å². The summed E-state index contributed by atoms with van der Waals surface area (Å²) in [5.41, 5.74) is 5.68. The van der Waals surface area contributed by atoms with Gasteiger partial charge < -0.3 is 16.4 Å². The van der Waals surface area contributed by atoms with E-state index < -0.39 is 11.7 Å². The number of anilines is 1. The van der Waals surface area contributed by atoms with Gasteiger partial charge in [-0.3, -0.25) is 4.79 Å². The van der Waals surface area contributed by atoms with Crippen molar-refractivity contribution in [1.82, 2.24) is 5.32 Å². The summed E-state index contributed by atoms with van der Waals surface area (Å²) in [7, 11) is 0. The fourth-order valence-corrected chi connectivity index (χ4v) is 1.95. The Balaban J connectivity index is 1.98. The number of benzene rings is 1. The molecule has 1 unspecified atom stereocenters. The summed E-state index contributed by atoms with van der Waals surface area (Å²) in [6.07, 6.45) is 1.11. The summed E-state index contributed by atoms with van der Waals surface area (Å²) in [4.78, 5) is 10.9. The molecule has 1 heterocycles. The van der Waals surface area contributed by atoms with Crippen LogP contribution in [0.1, 0.15) is 16.8 Å². The molecule has 92 valence electrons. The van der Waals surface area contributed by atoms with Gasteiger partial charge in [-0.1, -0.05) is 0 Å².